The lowest BCUT2D eigenvalue weighted by Crippen LogP contribution is -2.25. The van der Waals surface area contributed by atoms with Gasteiger partial charge in [-0.15, -0.1) is 0 Å². The van der Waals surface area contributed by atoms with Crippen LogP contribution < -0.4 is 11.1 Å². The van der Waals surface area contributed by atoms with Crippen molar-refractivity contribution in [3.05, 3.63) is 35.4 Å². The number of nitrogens with two attached hydrogens (primary N) is 1. The van der Waals surface area contributed by atoms with Crippen molar-refractivity contribution in [3.63, 3.8) is 0 Å². The number of rotatable bonds is 5. The summed E-state index contributed by atoms with van der Waals surface area (Å²) in [5.41, 5.74) is 7.00. The predicted octanol–water partition coefficient (Wildman–Crippen LogP) is 2.70. The van der Waals surface area contributed by atoms with Gasteiger partial charge >= 0.3 is 0 Å². The highest BCUT2D eigenvalue weighted by molar-refractivity contribution is 5.92. The molecule has 19 heavy (non-hydrogen) atoms. The molecule has 1 aromatic carbocycles. The van der Waals surface area contributed by atoms with Gasteiger partial charge in [-0.3, -0.25) is 4.79 Å². The van der Waals surface area contributed by atoms with E-state index < -0.39 is 0 Å². The maximum absolute atomic E-state index is 11.1. The standard InChI is InChI=1S/C16H24N2O/c1-12-5-7-13(8-6-12)10-18-11-14-3-2-4-15(9-14)16(17)19/h2-4,9,12-13,18H,5-8,10-11H2,1H3,(H2,17,19). The van der Waals surface area contributed by atoms with Crippen LogP contribution in [0, 0.1) is 11.8 Å². The molecule has 0 bridgehead atoms. The van der Waals surface area contributed by atoms with Crippen molar-refractivity contribution < 1.29 is 4.79 Å². The Labute approximate surface area is 115 Å². The zero-order valence-electron chi connectivity index (χ0n) is 11.7. The Balaban J connectivity index is 1.76. The Hall–Kier alpha value is -1.35. The number of nitrogens with one attached hydrogen (secondary N) is 1. The summed E-state index contributed by atoms with van der Waals surface area (Å²) in [6.45, 7) is 4.24. The van der Waals surface area contributed by atoms with E-state index >= 15 is 0 Å². The smallest absolute Gasteiger partial charge is 0.248 e. The highest BCUT2D eigenvalue weighted by Crippen LogP contribution is 2.27. The van der Waals surface area contributed by atoms with Gasteiger partial charge in [-0.25, -0.2) is 0 Å². The fourth-order valence-corrected chi connectivity index (χ4v) is 2.79. The average Bonchev–Trinajstić information content (AvgIpc) is 2.41. The van der Waals surface area contributed by atoms with Gasteiger partial charge in [0.05, 0.1) is 0 Å². The molecule has 3 nitrogen and oxygen atoms in total. The van der Waals surface area contributed by atoms with Gasteiger partial charge in [0.25, 0.3) is 0 Å². The first-order valence-corrected chi connectivity index (χ1v) is 7.24. The summed E-state index contributed by atoms with van der Waals surface area (Å²) in [7, 11) is 0. The molecule has 2 rings (SSSR count). The summed E-state index contributed by atoms with van der Waals surface area (Å²) in [4.78, 5) is 11.1. The number of carbonyl (C=O) groups excluding carboxylic acids is 1. The third kappa shape index (κ3) is 4.35. The Morgan fingerprint density at radius 1 is 1.32 bits per heavy atom. The van der Waals surface area contributed by atoms with Crippen LogP contribution in [0.25, 0.3) is 0 Å². The van der Waals surface area contributed by atoms with Gasteiger partial charge in [-0.2, -0.15) is 0 Å². The molecule has 0 radical (unpaired) electrons. The Morgan fingerprint density at radius 3 is 2.74 bits per heavy atom. The van der Waals surface area contributed by atoms with Crippen LogP contribution in [0.15, 0.2) is 24.3 Å². The lowest BCUT2D eigenvalue weighted by atomic mass is 9.83. The van der Waals surface area contributed by atoms with Gasteiger partial charge in [0.2, 0.25) is 5.91 Å². The largest absolute Gasteiger partial charge is 0.366 e. The van der Waals surface area contributed by atoms with E-state index in [-0.39, 0.29) is 5.91 Å². The van der Waals surface area contributed by atoms with E-state index in [0.29, 0.717) is 5.56 Å². The molecule has 1 aliphatic carbocycles. The van der Waals surface area contributed by atoms with Crippen LogP contribution in [-0.2, 0) is 6.54 Å². The summed E-state index contributed by atoms with van der Waals surface area (Å²) in [5.74, 6) is 1.36. The molecule has 1 aliphatic rings. The molecule has 1 fully saturated rings. The normalized spacial score (nSPS) is 23.2. The number of benzene rings is 1. The van der Waals surface area contributed by atoms with E-state index in [1.54, 1.807) is 6.07 Å². The molecule has 0 aromatic heterocycles. The van der Waals surface area contributed by atoms with E-state index in [0.717, 1.165) is 30.5 Å². The molecule has 104 valence electrons. The van der Waals surface area contributed by atoms with Crippen LogP contribution in [0.2, 0.25) is 0 Å². The van der Waals surface area contributed by atoms with Crippen molar-refractivity contribution in [1.82, 2.24) is 5.32 Å². The number of amides is 1. The monoisotopic (exact) mass is 260 g/mol. The zero-order valence-corrected chi connectivity index (χ0v) is 11.7. The lowest BCUT2D eigenvalue weighted by Gasteiger charge is -2.26. The first-order valence-electron chi connectivity index (χ1n) is 7.24. The van der Waals surface area contributed by atoms with Crippen molar-refractivity contribution in [1.29, 1.82) is 0 Å². The maximum Gasteiger partial charge on any atom is 0.248 e. The molecule has 0 spiro atoms. The minimum atomic E-state index is -0.358. The molecule has 3 heteroatoms. The molecule has 0 unspecified atom stereocenters. The summed E-state index contributed by atoms with van der Waals surface area (Å²) >= 11 is 0. The quantitative estimate of drug-likeness (QED) is 0.855. The minimum absolute atomic E-state index is 0.358. The zero-order chi connectivity index (χ0) is 13.7. The van der Waals surface area contributed by atoms with Gasteiger partial charge in [0.1, 0.15) is 0 Å². The predicted molar refractivity (Wildman–Crippen MR) is 77.8 cm³/mol. The number of hydrogen-bond acceptors (Lipinski definition) is 2. The molecule has 3 N–H and O–H groups in total. The Bertz CT molecular complexity index is 423. The molecule has 0 saturated heterocycles. The van der Waals surface area contributed by atoms with Crippen LogP contribution in [0.1, 0.15) is 48.5 Å². The highest BCUT2D eigenvalue weighted by Gasteiger charge is 2.17. The van der Waals surface area contributed by atoms with Gasteiger partial charge in [-0.05, 0) is 48.9 Å². The van der Waals surface area contributed by atoms with Crippen LogP contribution in [0.4, 0.5) is 0 Å². The summed E-state index contributed by atoms with van der Waals surface area (Å²) in [5, 5.41) is 3.50. The number of primary amides is 1. The molecular weight excluding hydrogens is 236 g/mol. The van der Waals surface area contributed by atoms with Crippen LogP contribution in [0.5, 0.6) is 0 Å². The van der Waals surface area contributed by atoms with Crippen LogP contribution in [-0.4, -0.2) is 12.5 Å². The van der Waals surface area contributed by atoms with Crippen LogP contribution >= 0.6 is 0 Å². The third-order valence-electron chi connectivity index (χ3n) is 4.11. The van der Waals surface area contributed by atoms with Gasteiger partial charge < -0.3 is 11.1 Å². The highest BCUT2D eigenvalue weighted by atomic mass is 16.1. The molecule has 0 aliphatic heterocycles. The SMILES string of the molecule is CC1CCC(CNCc2cccc(C(N)=O)c2)CC1. The fraction of sp³-hybridized carbons (Fsp3) is 0.562. The topological polar surface area (TPSA) is 55.1 Å². The molecule has 1 saturated carbocycles. The fourth-order valence-electron chi connectivity index (χ4n) is 2.79. The van der Waals surface area contributed by atoms with E-state index in [4.69, 9.17) is 5.73 Å². The van der Waals surface area contributed by atoms with Crippen molar-refractivity contribution in [3.8, 4) is 0 Å². The Morgan fingerprint density at radius 2 is 2.05 bits per heavy atom. The molecule has 1 aromatic rings. The number of hydrogen-bond donors (Lipinski definition) is 2. The molecule has 1 amide bonds. The summed E-state index contributed by atoms with van der Waals surface area (Å²) < 4.78 is 0. The van der Waals surface area contributed by atoms with Crippen LogP contribution in [0.3, 0.4) is 0 Å². The summed E-state index contributed by atoms with van der Waals surface area (Å²) in [6, 6.07) is 7.55. The Kier molecular flexibility index (Phi) is 4.97. The first-order chi connectivity index (χ1) is 9.15. The average molecular weight is 260 g/mol. The van der Waals surface area contributed by atoms with Crippen molar-refractivity contribution in [2.45, 2.75) is 39.2 Å². The summed E-state index contributed by atoms with van der Waals surface area (Å²) in [6.07, 6.45) is 5.41. The maximum atomic E-state index is 11.1. The van der Waals surface area contributed by atoms with Crippen molar-refractivity contribution in [2.75, 3.05) is 6.54 Å². The second kappa shape index (κ2) is 6.71. The molecule has 0 atom stereocenters. The lowest BCUT2D eigenvalue weighted by molar-refractivity contribution is 0.1000. The minimum Gasteiger partial charge on any atom is -0.366 e. The number of carbonyl (C=O) groups is 1. The first kappa shape index (κ1) is 14.1. The molecule has 0 heterocycles. The van der Waals surface area contributed by atoms with Gasteiger partial charge in [0.15, 0.2) is 0 Å². The van der Waals surface area contributed by atoms with Gasteiger partial charge in [-0.1, -0.05) is 31.9 Å². The van der Waals surface area contributed by atoms with E-state index in [1.165, 1.54) is 25.7 Å². The molecular formula is C16H24N2O. The third-order valence-corrected chi connectivity index (χ3v) is 4.11. The van der Waals surface area contributed by atoms with Crippen molar-refractivity contribution >= 4 is 5.91 Å². The second-order valence-electron chi connectivity index (χ2n) is 5.82. The van der Waals surface area contributed by atoms with E-state index in [1.807, 2.05) is 18.2 Å². The van der Waals surface area contributed by atoms with E-state index in [2.05, 4.69) is 12.2 Å². The second-order valence-corrected chi connectivity index (χ2v) is 5.82. The van der Waals surface area contributed by atoms with Gasteiger partial charge in [0, 0.05) is 12.1 Å². The van der Waals surface area contributed by atoms with Crippen molar-refractivity contribution in [2.24, 2.45) is 17.6 Å². The van der Waals surface area contributed by atoms with E-state index in [9.17, 15) is 4.79 Å².